The van der Waals surface area contributed by atoms with Crippen LogP contribution >= 0.6 is 11.3 Å². The first-order valence-corrected chi connectivity index (χ1v) is 10.5. The van der Waals surface area contributed by atoms with Gasteiger partial charge in [0.1, 0.15) is 12.4 Å². The van der Waals surface area contributed by atoms with E-state index in [2.05, 4.69) is 4.98 Å². The Hall–Kier alpha value is -3.71. The molecule has 0 N–H and O–H groups in total. The lowest BCUT2D eigenvalue weighted by atomic mass is 10.1. The normalized spacial score (nSPS) is 10.6. The van der Waals surface area contributed by atoms with Gasteiger partial charge in [-0.25, -0.2) is 9.78 Å². The number of esters is 1. The second kappa shape index (κ2) is 8.97. The van der Waals surface area contributed by atoms with Crippen molar-refractivity contribution in [3.63, 3.8) is 0 Å². The smallest absolute Gasteiger partial charge is 0.338 e. The Morgan fingerprint density at radius 2 is 1.74 bits per heavy atom. The third-order valence-electron chi connectivity index (χ3n) is 4.71. The molecule has 0 radical (unpaired) electrons. The number of fused-ring (bicyclic) bond motifs is 1. The summed E-state index contributed by atoms with van der Waals surface area (Å²) < 4.78 is 10.8. The van der Waals surface area contributed by atoms with Gasteiger partial charge < -0.3 is 9.47 Å². The number of aromatic nitrogens is 1. The van der Waals surface area contributed by atoms with E-state index in [0.717, 1.165) is 10.8 Å². The molecule has 0 bridgehead atoms. The van der Waals surface area contributed by atoms with Crippen molar-refractivity contribution >= 4 is 44.8 Å². The highest BCUT2D eigenvalue weighted by Gasteiger charge is 2.21. The van der Waals surface area contributed by atoms with Crippen molar-refractivity contribution in [1.29, 1.82) is 0 Å². The van der Waals surface area contributed by atoms with Crippen LogP contribution in [0.1, 0.15) is 23.0 Å². The molecule has 0 aliphatic carbocycles. The van der Waals surface area contributed by atoms with E-state index in [-0.39, 0.29) is 12.5 Å². The van der Waals surface area contributed by atoms with Crippen LogP contribution in [0.25, 0.3) is 10.8 Å². The Balaban J connectivity index is 1.50. The molecule has 0 atom stereocenters. The Kier molecular flexibility index (Phi) is 5.95. The standard InChI is InChI=1S/C24H20N2O4S/c1-16(27)26(21-9-5-6-10-22(21)29-2)24-25-20(15-31-24)14-30-23(28)19-12-11-17-7-3-4-8-18(17)13-19/h3-13,15H,14H2,1-2H3. The molecule has 4 rings (SSSR count). The summed E-state index contributed by atoms with van der Waals surface area (Å²) in [7, 11) is 1.55. The first-order valence-electron chi connectivity index (χ1n) is 9.61. The average Bonchev–Trinajstić information content (AvgIpc) is 3.25. The predicted octanol–water partition coefficient (Wildman–Crippen LogP) is 5.35. The summed E-state index contributed by atoms with van der Waals surface area (Å²) in [6.45, 7) is 1.48. The number of carbonyl (C=O) groups is 2. The molecule has 31 heavy (non-hydrogen) atoms. The molecule has 0 spiro atoms. The molecule has 0 unspecified atom stereocenters. The molecule has 7 heteroatoms. The van der Waals surface area contributed by atoms with Crippen LogP contribution in [0.3, 0.4) is 0 Å². The molecule has 1 aromatic heterocycles. The van der Waals surface area contributed by atoms with E-state index in [4.69, 9.17) is 9.47 Å². The number of methoxy groups -OCH3 is 1. The van der Waals surface area contributed by atoms with Gasteiger partial charge >= 0.3 is 5.97 Å². The number of rotatable bonds is 6. The number of para-hydroxylation sites is 2. The van der Waals surface area contributed by atoms with Gasteiger partial charge in [0, 0.05) is 12.3 Å². The number of anilines is 2. The first kappa shape index (κ1) is 20.6. The Bertz CT molecular complexity index is 1250. The molecule has 0 saturated heterocycles. The lowest BCUT2D eigenvalue weighted by molar-refractivity contribution is -0.115. The van der Waals surface area contributed by atoms with Crippen molar-refractivity contribution in [1.82, 2.24) is 4.98 Å². The SMILES string of the molecule is COc1ccccc1N(C(C)=O)c1nc(COC(=O)c2ccc3ccccc3c2)cs1. The van der Waals surface area contributed by atoms with E-state index in [9.17, 15) is 9.59 Å². The summed E-state index contributed by atoms with van der Waals surface area (Å²) >= 11 is 1.30. The van der Waals surface area contributed by atoms with Gasteiger partial charge in [-0.15, -0.1) is 11.3 Å². The quantitative estimate of drug-likeness (QED) is 0.384. The van der Waals surface area contributed by atoms with Crippen molar-refractivity contribution in [3.05, 3.63) is 83.4 Å². The van der Waals surface area contributed by atoms with Gasteiger partial charge in [-0.05, 0) is 35.0 Å². The van der Waals surface area contributed by atoms with Gasteiger partial charge in [0.05, 0.1) is 24.1 Å². The molecule has 4 aromatic rings. The third-order valence-corrected chi connectivity index (χ3v) is 5.58. The molecular weight excluding hydrogens is 412 g/mol. The average molecular weight is 433 g/mol. The van der Waals surface area contributed by atoms with Gasteiger partial charge in [0.2, 0.25) is 5.91 Å². The number of nitrogens with zero attached hydrogens (tertiary/aromatic N) is 2. The number of amides is 1. The second-order valence-corrected chi connectivity index (χ2v) is 7.62. The molecule has 1 amide bonds. The summed E-state index contributed by atoms with van der Waals surface area (Å²) in [5.41, 5.74) is 1.65. The van der Waals surface area contributed by atoms with Crippen molar-refractivity contribution in [2.24, 2.45) is 0 Å². The van der Waals surface area contributed by atoms with E-state index >= 15 is 0 Å². The molecule has 1 heterocycles. The highest BCUT2D eigenvalue weighted by atomic mass is 32.1. The van der Waals surface area contributed by atoms with Crippen LogP contribution in [0.5, 0.6) is 5.75 Å². The molecule has 0 fully saturated rings. The van der Waals surface area contributed by atoms with E-state index in [1.54, 1.807) is 30.7 Å². The number of hydrogen-bond donors (Lipinski definition) is 0. The minimum atomic E-state index is -0.423. The molecule has 3 aromatic carbocycles. The molecule has 6 nitrogen and oxygen atoms in total. The van der Waals surface area contributed by atoms with Crippen molar-refractivity contribution in [2.45, 2.75) is 13.5 Å². The summed E-state index contributed by atoms with van der Waals surface area (Å²) in [5.74, 6) is -0.0517. The van der Waals surface area contributed by atoms with E-state index < -0.39 is 5.97 Å². The van der Waals surface area contributed by atoms with Gasteiger partial charge in [0.15, 0.2) is 5.13 Å². The number of carbonyl (C=O) groups excluding carboxylic acids is 2. The van der Waals surface area contributed by atoms with Crippen LogP contribution in [-0.2, 0) is 16.1 Å². The van der Waals surface area contributed by atoms with E-state index in [0.29, 0.717) is 27.8 Å². The summed E-state index contributed by atoms with van der Waals surface area (Å²) in [6.07, 6.45) is 0. The minimum Gasteiger partial charge on any atom is -0.495 e. The fourth-order valence-electron chi connectivity index (χ4n) is 3.23. The van der Waals surface area contributed by atoms with Crippen molar-refractivity contribution in [3.8, 4) is 5.75 Å². The Labute approximate surface area is 183 Å². The van der Waals surface area contributed by atoms with Gasteiger partial charge in [0.25, 0.3) is 0 Å². The number of benzene rings is 3. The zero-order valence-electron chi connectivity index (χ0n) is 17.1. The topological polar surface area (TPSA) is 68.7 Å². The molecule has 0 aliphatic rings. The molecule has 0 aliphatic heterocycles. The zero-order chi connectivity index (χ0) is 21.8. The fourth-order valence-corrected chi connectivity index (χ4v) is 4.09. The maximum absolute atomic E-state index is 12.5. The van der Waals surface area contributed by atoms with Crippen LogP contribution in [0.4, 0.5) is 10.8 Å². The van der Waals surface area contributed by atoms with E-state index in [1.807, 2.05) is 48.5 Å². The highest BCUT2D eigenvalue weighted by Crippen LogP contribution is 2.35. The van der Waals surface area contributed by atoms with Crippen LogP contribution in [0.15, 0.2) is 72.1 Å². The fraction of sp³-hybridized carbons (Fsp3) is 0.125. The van der Waals surface area contributed by atoms with Gasteiger partial charge in [-0.1, -0.05) is 42.5 Å². The largest absolute Gasteiger partial charge is 0.495 e. The van der Waals surface area contributed by atoms with Gasteiger partial charge in [-0.3, -0.25) is 9.69 Å². The maximum atomic E-state index is 12.5. The summed E-state index contributed by atoms with van der Waals surface area (Å²) in [6, 6.07) is 20.5. The maximum Gasteiger partial charge on any atom is 0.338 e. The third kappa shape index (κ3) is 4.41. The lowest BCUT2D eigenvalue weighted by Gasteiger charge is -2.20. The first-order chi connectivity index (χ1) is 15.1. The Morgan fingerprint density at radius 1 is 1.00 bits per heavy atom. The van der Waals surface area contributed by atoms with Crippen molar-refractivity contribution < 1.29 is 19.1 Å². The van der Waals surface area contributed by atoms with Crippen LogP contribution in [0.2, 0.25) is 0 Å². The minimum absolute atomic E-state index is 0.0137. The van der Waals surface area contributed by atoms with Crippen LogP contribution < -0.4 is 9.64 Å². The zero-order valence-corrected chi connectivity index (χ0v) is 17.9. The van der Waals surface area contributed by atoms with Crippen LogP contribution in [-0.4, -0.2) is 24.0 Å². The predicted molar refractivity (Wildman–Crippen MR) is 121 cm³/mol. The van der Waals surface area contributed by atoms with E-state index in [1.165, 1.54) is 23.2 Å². The van der Waals surface area contributed by atoms with Gasteiger partial charge in [-0.2, -0.15) is 0 Å². The summed E-state index contributed by atoms with van der Waals surface area (Å²) in [4.78, 5) is 30.8. The number of hydrogen-bond acceptors (Lipinski definition) is 6. The summed E-state index contributed by atoms with van der Waals surface area (Å²) in [5, 5.41) is 4.29. The number of thiazole rings is 1. The Morgan fingerprint density at radius 3 is 2.52 bits per heavy atom. The number of ether oxygens (including phenoxy) is 2. The van der Waals surface area contributed by atoms with Crippen molar-refractivity contribution in [2.75, 3.05) is 12.0 Å². The monoisotopic (exact) mass is 432 g/mol. The molecule has 0 saturated carbocycles. The van der Waals surface area contributed by atoms with Crippen LogP contribution in [0, 0.1) is 0 Å². The second-order valence-electron chi connectivity index (χ2n) is 6.79. The molecule has 156 valence electrons. The molecular formula is C24H20N2O4S. The lowest BCUT2D eigenvalue weighted by Crippen LogP contribution is -2.23. The highest BCUT2D eigenvalue weighted by molar-refractivity contribution is 7.14.